The minimum atomic E-state index is -0.364. The van der Waals surface area contributed by atoms with Gasteiger partial charge in [-0.1, -0.05) is 87.1 Å². The van der Waals surface area contributed by atoms with Crippen molar-refractivity contribution in [3.8, 4) is 11.3 Å². The fourth-order valence-corrected chi connectivity index (χ4v) is 5.57. The first-order chi connectivity index (χ1) is 16.9. The molecular weight excluding hydrogens is 458 g/mol. The molecule has 1 aliphatic rings. The molecule has 7 nitrogen and oxygen atoms in total. The Morgan fingerprint density at radius 1 is 1.11 bits per heavy atom. The number of nitrogens with one attached hydrogen (secondary N) is 1. The van der Waals surface area contributed by atoms with E-state index in [-0.39, 0.29) is 22.6 Å². The third-order valence-corrected chi connectivity index (χ3v) is 7.30. The Morgan fingerprint density at radius 2 is 1.86 bits per heavy atom. The van der Waals surface area contributed by atoms with Gasteiger partial charge in [-0.25, -0.2) is 14.1 Å². The van der Waals surface area contributed by atoms with Gasteiger partial charge in [0, 0.05) is 24.1 Å². The van der Waals surface area contributed by atoms with E-state index < -0.39 is 0 Å². The van der Waals surface area contributed by atoms with Gasteiger partial charge in [-0.05, 0) is 24.0 Å². The van der Waals surface area contributed by atoms with Gasteiger partial charge in [0.2, 0.25) is 11.7 Å². The van der Waals surface area contributed by atoms with Crippen LogP contribution in [0.5, 0.6) is 0 Å². The summed E-state index contributed by atoms with van der Waals surface area (Å²) in [6, 6.07) is 18.0. The zero-order valence-electron chi connectivity index (χ0n) is 20.2. The van der Waals surface area contributed by atoms with E-state index in [4.69, 9.17) is 10.1 Å². The molecule has 0 atom stereocenters. The zero-order chi connectivity index (χ0) is 24.6. The molecule has 8 heteroatoms. The lowest BCUT2D eigenvalue weighted by Crippen LogP contribution is -2.36. The molecule has 35 heavy (non-hydrogen) atoms. The predicted octanol–water partition coefficient (Wildman–Crippen LogP) is 4.21. The van der Waals surface area contributed by atoms with Crippen LogP contribution in [0.3, 0.4) is 0 Å². The standard InChI is InChI=1S/C27H29N5O2S/c1-4-14-31-25-29-23-20-13-9-8-12-19(20)15-27(2,3)22(23)24(34)32(25)26(30-31)35-17-21(33)28-16-18-10-6-5-7-11-18/h5-13H,4,14-17H2,1-3H3,(H,28,33). The highest BCUT2D eigenvalue weighted by molar-refractivity contribution is 7.99. The van der Waals surface area contributed by atoms with Crippen molar-refractivity contribution < 1.29 is 4.79 Å². The van der Waals surface area contributed by atoms with Gasteiger partial charge in [-0.15, -0.1) is 5.10 Å². The monoisotopic (exact) mass is 487 g/mol. The molecule has 0 saturated heterocycles. The van der Waals surface area contributed by atoms with Crippen molar-refractivity contribution in [3.05, 3.63) is 81.6 Å². The van der Waals surface area contributed by atoms with Gasteiger partial charge < -0.3 is 5.32 Å². The smallest absolute Gasteiger partial charge is 0.265 e. The Bertz CT molecular complexity index is 1460. The lowest BCUT2D eigenvalue weighted by atomic mass is 9.72. The maximum Gasteiger partial charge on any atom is 0.265 e. The Morgan fingerprint density at radius 3 is 2.63 bits per heavy atom. The van der Waals surface area contributed by atoms with E-state index in [1.54, 1.807) is 9.08 Å². The molecule has 0 unspecified atom stereocenters. The van der Waals surface area contributed by atoms with Gasteiger partial charge >= 0.3 is 0 Å². The van der Waals surface area contributed by atoms with E-state index in [2.05, 4.69) is 32.2 Å². The number of hydrogen-bond acceptors (Lipinski definition) is 5. The number of carbonyl (C=O) groups is 1. The molecule has 0 radical (unpaired) electrons. The van der Waals surface area contributed by atoms with Gasteiger partial charge in [0.25, 0.3) is 5.56 Å². The third-order valence-electron chi connectivity index (χ3n) is 6.38. The van der Waals surface area contributed by atoms with E-state index in [1.165, 1.54) is 17.3 Å². The lowest BCUT2D eigenvalue weighted by molar-refractivity contribution is -0.118. The van der Waals surface area contributed by atoms with Gasteiger partial charge in [-0.3, -0.25) is 9.59 Å². The van der Waals surface area contributed by atoms with Gasteiger partial charge in [0.15, 0.2) is 5.16 Å². The second kappa shape index (κ2) is 9.34. The Balaban J connectivity index is 1.51. The Kier molecular flexibility index (Phi) is 6.23. The molecule has 0 bridgehead atoms. The number of aromatic nitrogens is 4. The van der Waals surface area contributed by atoms with Gasteiger partial charge in [0.1, 0.15) is 0 Å². The number of carbonyl (C=O) groups excluding carboxylic acids is 1. The van der Waals surface area contributed by atoms with Crippen LogP contribution in [0.2, 0.25) is 0 Å². The molecule has 0 fully saturated rings. The number of thioether (sulfide) groups is 1. The average molecular weight is 488 g/mol. The maximum atomic E-state index is 13.9. The molecule has 4 aromatic rings. The quantitative estimate of drug-likeness (QED) is 0.395. The van der Waals surface area contributed by atoms with Crippen LogP contribution in [-0.2, 0) is 29.7 Å². The van der Waals surface area contributed by atoms with Crippen LogP contribution in [0.15, 0.2) is 64.5 Å². The number of hydrogen-bond donors (Lipinski definition) is 1. The highest BCUT2D eigenvalue weighted by Gasteiger charge is 2.36. The average Bonchev–Trinajstić information content (AvgIpc) is 3.19. The highest BCUT2D eigenvalue weighted by Crippen LogP contribution is 2.40. The molecule has 0 aliphatic heterocycles. The maximum absolute atomic E-state index is 13.9. The summed E-state index contributed by atoms with van der Waals surface area (Å²) < 4.78 is 3.38. The first-order valence-electron chi connectivity index (χ1n) is 11.9. The predicted molar refractivity (Wildman–Crippen MR) is 139 cm³/mol. The largest absolute Gasteiger partial charge is 0.351 e. The first kappa shape index (κ1) is 23.4. The van der Waals surface area contributed by atoms with Crippen molar-refractivity contribution in [2.24, 2.45) is 0 Å². The van der Waals surface area contributed by atoms with Crippen LogP contribution in [-0.4, -0.2) is 30.8 Å². The molecule has 0 spiro atoms. The van der Waals surface area contributed by atoms with Crippen molar-refractivity contribution in [3.63, 3.8) is 0 Å². The highest BCUT2D eigenvalue weighted by atomic mass is 32.2. The van der Waals surface area contributed by atoms with Crippen molar-refractivity contribution in [2.45, 2.75) is 57.3 Å². The number of aryl methyl sites for hydroxylation is 1. The minimum absolute atomic E-state index is 0.0981. The summed E-state index contributed by atoms with van der Waals surface area (Å²) in [5, 5.41) is 8.14. The van der Waals surface area contributed by atoms with E-state index >= 15 is 0 Å². The molecular formula is C27H29N5O2S. The van der Waals surface area contributed by atoms with Crippen LogP contribution in [0.4, 0.5) is 0 Å². The summed E-state index contributed by atoms with van der Waals surface area (Å²) in [6.07, 6.45) is 1.63. The van der Waals surface area contributed by atoms with Gasteiger partial charge in [-0.2, -0.15) is 0 Å². The van der Waals surface area contributed by atoms with Crippen molar-refractivity contribution in [1.29, 1.82) is 0 Å². The number of fused-ring (bicyclic) bond motifs is 4. The van der Waals surface area contributed by atoms with Crippen LogP contribution in [0, 0.1) is 0 Å². The second-order valence-electron chi connectivity index (χ2n) is 9.55. The van der Waals surface area contributed by atoms with Crippen LogP contribution >= 0.6 is 11.8 Å². The molecule has 1 amide bonds. The molecule has 1 aliphatic carbocycles. The summed E-state index contributed by atoms with van der Waals surface area (Å²) >= 11 is 1.27. The van der Waals surface area contributed by atoms with E-state index in [1.807, 2.05) is 48.5 Å². The third kappa shape index (κ3) is 4.38. The molecule has 5 rings (SSSR count). The molecule has 2 aromatic carbocycles. The van der Waals surface area contributed by atoms with Crippen molar-refractivity contribution >= 4 is 23.4 Å². The Labute approximate surface area is 208 Å². The summed E-state index contributed by atoms with van der Waals surface area (Å²) in [7, 11) is 0. The molecule has 1 N–H and O–H groups in total. The normalized spacial score (nSPS) is 13.9. The van der Waals surface area contributed by atoms with Crippen molar-refractivity contribution in [1.82, 2.24) is 24.5 Å². The second-order valence-corrected chi connectivity index (χ2v) is 10.5. The van der Waals surface area contributed by atoms with Crippen LogP contribution < -0.4 is 10.9 Å². The fraction of sp³-hybridized carbons (Fsp3) is 0.333. The Hall–Kier alpha value is -3.39. The molecule has 2 heterocycles. The van der Waals surface area contributed by atoms with E-state index in [9.17, 15) is 9.59 Å². The lowest BCUT2D eigenvalue weighted by Gasteiger charge is -2.32. The molecule has 0 saturated carbocycles. The summed E-state index contributed by atoms with van der Waals surface area (Å²) in [5.41, 5.74) is 4.25. The number of rotatable bonds is 7. The number of benzene rings is 2. The fourth-order valence-electron chi connectivity index (χ4n) is 4.76. The summed E-state index contributed by atoms with van der Waals surface area (Å²) in [4.78, 5) is 31.5. The van der Waals surface area contributed by atoms with Crippen LogP contribution in [0.25, 0.3) is 17.0 Å². The van der Waals surface area contributed by atoms with Gasteiger partial charge in [0.05, 0.1) is 17.0 Å². The molecule has 180 valence electrons. The summed E-state index contributed by atoms with van der Waals surface area (Å²) in [6.45, 7) is 7.36. The zero-order valence-corrected chi connectivity index (χ0v) is 21.1. The van der Waals surface area contributed by atoms with Crippen molar-refractivity contribution in [2.75, 3.05) is 5.75 Å². The van der Waals surface area contributed by atoms with Crippen LogP contribution in [0.1, 0.15) is 43.9 Å². The topological polar surface area (TPSA) is 81.3 Å². The summed E-state index contributed by atoms with van der Waals surface area (Å²) in [5.74, 6) is 0.585. The number of nitrogens with zero attached hydrogens (tertiary/aromatic N) is 4. The SMILES string of the molecule is CCCn1nc(SCC(=O)NCc2ccccc2)n2c(=O)c3c(nc12)-c1ccccc1CC3(C)C. The van der Waals surface area contributed by atoms with E-state index in [0.29, 0.717) is 29.6 Å². The molecule has 2 aromatic heterocycles. The minimum Gasteiger partial charge on any atom is -0.351 e. The number of amides is 1. The first-order valence-corrected chi connectivity index (χ1v) is 12.9. The van der Waals surface area contributed by atoms with E-state index in [0.717, 1.165) is 29.7 Å².